The minimum atomic E-state index is -4.34. The van der Waals surface area contributed by atoms with Crippen molar-refractivity contribution < 1.29 is 61.2 Å². The number of hydrogen-bond acceptors (Lipinski definition) is 17. The summed E-state index contributed by atoms with van der Waals surface area (Å²) in [6.45, 7) is -1.55. The Labute approximate surface area is 287 Å². The first-order chi connectivity index (χ1) is 23.6. The summed E-state index contributed by atoms with van der Waals surface area (Å²) in [5.74, 6) is -0.0628. The van der Waals surface area contributed by atoms with Crippen LogP contribution >= 0.6 is 19.2 Å². The average Bonchev–Trinajstić information content (AvgIpc) is 3.83. The summed E-state index contributed by atoms with van der Waals surface area (Å²) < 4.78 is 60.4. The molecule has 2 fully saturated rings. The fraction of sp³-hybridized carbons (Fsp3) is 0.714. The largest absolute Gasteiger partial charge is 0.510 e. The van der Waals surface area contributed by atoms with E-state index in [1.165, 1.54) is 26.2 Å². The molecule has 1 amide bonds. The summed E-state index contributed by atoms with van der Waals surface area (Å²) in [6.07, 6.45) is 3.39. The van der Waals surface area contributed by atoms with E-state index in [2.05, 4.69) is 20.3 Å². The smallest absolute Gasteiger partial charge is 0.432 e. The molecular formula is C28H42ClN6O13P. The van der Waals surface area contributed by atoms with Crippen LogP contribution in [0.1, 0.15) is 44.8 Å². The Morgan fingerprint density at radius 1 is 0.959 bits per heavy atom. The second kappa shape index (κ2) is 19.2. The van der Waals surface area contributed by atoms with Crippen molar-refractivity contribution in [3.63, 3.8) is 0 Å². The molecule has 1 aliphatic carbocycles. The molecular weight excluding hydrogens is 695 g/mol. The highest BCUT2D eigenvalue weighted by atomic mass is 35.5. The number of aromatic nitrogens is 4. The van der Waals surface area contributed by atoms with Crippen LogP contribution < -0.4 is 5.32 Å². The van der Waals surface area contributed by atoms with Gasteiger partial charge < -0.3 is 43.4 Å². The zero-order valence-corrected chi connectivity index (χ0v) is 29.2. The second-order valence-electron chi connectivity index (χ2n) is 11.1. The number of hydrogen-bond donors (Lipinski definition) is 1. The summed E-state index contributed by atoms with van der Waals surface area (Å²) in [5.41, 5.74) is 1.12. The maximum atomic E-state index is 13.5. The lowest BCUT2D eigenvalue weighted by molar-refractivity contribution is -0.129. The van der Waals surface area contributed by atoms with Crippen molar-refractivity contribution in [1.82, 2.24) is 24.4 Å². The zero-order valence-electron chi connectivity index (χ0n) is 27.6. The van der Waals surface area contributed by atoms with Crippen LogP contribution in [0.5, 0.6) is 0 Å². The Kier molecular flexibility index (Phi) is 15.1. The van der Waals surface area contributed by atoms with Crippen molar-refractivity contribution >= 4 is 54.4 Å². The highest BCUT2D eigenvalue weighted by molar-refractivity contribution is 7.54. The highest BCUT2D eigenvalue weighted by Crippen LogP contribution is 2.48. The third kappa shape index (κ3) is 11.9. The van der Waals surface area contributed by atoms with Crippen LogP contribution in [0.2, 0.25) is 5.28 Å². The van der Waals surface area contributed by atoms with Crippen LogP contribution in [0.4, 0.5) is 15.4 Å². The Morgan fingerprint density at radius 3 is 2.20 bits per heavy atom. The lowest BCUT2D eigenvalue weighted by atomic mass is 10.2. The molecule has 1 N–H and O–H groups in total. The number of likely N-dealkylation sites (N-methyl/N-ethyl adjacent to an activating group) is 1. The van der Waals surface area contributed by atoms with Gasteiger partial charge in [-0.1, -0.05) is 12.8 Å². The molecule has 2 aromatic rings. The summed E-state index contributed by atoms with van der Waals surface area (Å²) >= 11 is 6.27. The molecule has 1 saturated carbocycles. The number of fused-ring (bicyclic) bond motifs is 1. The van der Waals surface area contributed by atoms with Gasteiger partial charge in [-0.05, 0) is 37.3 Å². The van der Waals surface area contributed by atoms with E-state index in [0.29, 0.717) is 35.9 Å². The van der Waals surface area contributed by atoms with Crippen molar-refractivity contribution in [3.8, 4) is 0 Å². The molecule has 2 aromatic heterocycles. The molecule has 2 aliphatic rings. The van der Waals surface area contributed by atoms with Crippen molar-refractivity contribution in [2.45, 2.75) is 56.9 Å². The fourth-order valence-electron chi connectivity index (χ4n) is 5.12. The minimum Gasteiger partial charge on any atom is -0.432 e. The Morgan fingerprint density at radius 2 is 1.59 bits per heavy atom. The summed E-state index contributed by atoms with van der Waals surface area (Å²) in [6, 6.07) is 0.302. The molecule has 2 atom stereocenters. The quantitative estimate of drug-likeness (QED) is 0.0716. The Hall–Kier alpha value is -3.32. The van der Waals surface area contributed by atoms with E-state index in [1.54, 1.807) is 10.9 Å². The number of carbonyl (C=O) groups is 3. The van der Waals surface area contributed by atoms with Crippen LogP contribution in [0.25, 0.3) is 11.2 Å². The Bertz CT molecular complexity index is 1410. The number of imidazole rings is 1. The van der Waals surface area contributed by atoms with Gasteiger partial charge in [0, 0.05) is 33.9 Å². The summed E-state index contributed by atoms with van der Waals surface area (Å²) in [5, 5.41) is 3.53. The Balaban J connectivity index is 1.32. The van der Waals surface area contributed by atoms with Crippen molar-refractivity contribution in [2.75, 3.05) is 79.3 Å². The number of nitrogens with one attached hydrogen (secondary N) is 1. The topological polar surface area (TPSA) is 210 Å². The third-order valence-electron chi connectivity index (χ3n) is 7.58. The number of halogens is 1. The van der Waals surface area contributed by atoms with Gasteiger partial charge >= 0.3 is 19.9 Å². The van der Waals surface area contributed by atoms with Crippen molar-refractivity contribution in [2.24, 2.45) is 0 Å². The predicted octanol–water partition coefficient (Wildman–Crippen LogP) is 3.71. The predicted molar refractivity (Wildman–Crippen MR) is 170 cm³/mol. The second-order valence-corrected chi connectivity index (χ2v) is 13.5. The summed E-state index contributed by atoms with van der Waals surface area (Å²) in [4.78, 5) is 51.2. The number of carbonyl (C=O) groups excluding carboxylic acids is 3. The molecule has 0 spiro atoms. The molecule has 0 bridgehead atoms. The van der Waals surface area contributed by atoms with E-state index in [9.17, 15) is 18.9 Å². The zero-order chi connectivity index (χ0) is 35.2. The lowest BCUT2D eigenvalue weighted by Gasteiger charge is -2.24. The lowest BCUT2D eigenvalue weighted by Crippen LogP contribution is -2.36. The first-order valence-corrected chi connectivity index (χ1v) is 17.7. The average molecular weight is 737 g/mol. The van der Waals surface area contributed by atoms with Crippen molar-refractivity contribution in [3.05, 3.63) is 11.6 Å². The van der Waals surface area contributed by atoms with Gasteiger partial charge in [-0.2, -0.15) is 9.97 Å². The van der Waals surface area contributed by atoms with Crippen LogP contribution in [-0.2, 0) is 51.6 Å². The molecule has 0 aromatic carbocycles. The first kappa shape index (κ1) is 38.5. The normalized spacial score (nSPS) is 18.0. The van der Waals surface area contributed by atoms with Crippen LogP contribution in [0.3, 0.4) is 0 Å². The van der Waals surface area contributed by atoms with Gasteiger partial charge in [-0.25, -0.2) is 14.6 Å². The van der Waals surface area contributed by atoms with Gasteiger partial charge in [-0.15, -0.1) is 0 Å². The molecule has 49 heavy (non-hydrogen) atoms. The van der Waals surface area contributed by atoms with Gasteiger partial charge in [0.25, 0.3) is 0 Å². The first-order valence-electron chi connectivity index (χ1n) is 15.6. The van der Waals surface area contributed by atoms with E-state index in [1.807, 2.05) is 0 Å². The van der Waals surface area contributed by atoms with Crippen LogP contribution in [-0.4, -0.2) is 129 Å². The molecule has 274 valence electrons. The van der Waals surface area contributed by atoms with Gasteiger partial charge in [0.05, 0.1) is 25.6 Å². The van der Waals surface area contributed by atoms with E-state index in [4.69, 9.17) is 53.8 Å². The van der Waals surface area contributed by atoms with Gasteiger partial charge in [0.1, 0.15) is 25.6 Å². The number of amides is 1. The number of methoxy groups -OCH3 is 2. The molecule has 1 aliphatic heterocycles. The van der Waals surface area contributed by atoms with Gasteiger partial charge in [0.15, 0.2) is 17.0 Å². The van der Waals surface area contributed by atoms with E-state index in [-0.39, 0.29) is 44.4 Å². The maximum absolute atomic E-state index is 13.5. The van der Waals surface area contributed by atoms with Crippen molar-refractivity contribution in [1.29, 1.82) is 0 Å². The maximum Gasteiger partial charge on any atom is 0.510 e. The number of ether oxygens (including phenoxy) is 7. The van der Waals surface area contributed by atoms with E-state index >= 15 is 0 Å². The molecule has 21 heteroatoms. The molecule has 0 unspecified atom stereocenters. The standard InChI is InChI=1S/C28H42ClN6O13P/c1-34(21(36)15-49(39,46-17-44-27(37)42-12-10-40-2)47-18-45-28(38)43-13-11-41-3)14-20-8-9-22(48-20)35-16-30-23-24(31-19-6-4-5-7-19)32-26(29)33-25(23)35/h16,19-20,22H,4-15,17-18H2,1-3H3,(H,31,32,33)/t20-,22+/m0/s1. The highest BCUT2D eigenvalue weighted by Gasteiger charge is 2.35. The van der Waals surface area contributed by atoms with Gasteiger partial charge in [0.2, 0.25) is 24.8 Å². The molecule has 0 radical (unpaired) electrons. The number of nitrogens with zero attached hydrogens (tertiary/aromatic N) is 5. The minimum absolute atomic E-state index is 0.0882. The van der Waals surface area contributed by atoms with Gasteiger partial charge in [-0.3, -0.25) is 23.0 Å². The van der Waals surface area contributed by atoms with Crippen LogP contribution in [0.15, 0.2) is 6.33 Å². The molecule has 1 saturated heterocycles. The van der Waals surface area contributed by atoms with E-state index < -0.39 is 51.8 Å². The SMILES string of the molecule is COCCOC(=O)OCOP(=O)(CC(=O)N(C)C[C@@H]1CC[C@H](n2cnc3c(NC4CCCC4)nc(Cl)nc32)O1)OCOC(=O)OCCOC. The molecule has 4 rings (SSSR count). The summed E-state index contributed by atoms with van der Waals surface area (Å²) in [7, 11) is -0.00376. The molecule has 3 heterocycles. The third-order valence-corrected chi connectivity index (χ3v) is 9.41. The molecule has 19 nitrogen and oxygen atoms in total. The fourth-order valence-corrected chi connectivity index (χ4v) is 6.54. The number of anilines is 1. The van der Waals surface area contributed by atoms with Crippen LogP contribution in [0, 0.1) is 0 Å². The number of rotatable bonds is 19. The monoisotopic (exact) mass is 736 g/mol. The van der Waals surface area contributed by atoms with E-state index in [0.717, 1.165) is 25.7 Å².